The summed E-state index contributed by atoms with van der Waals surface area (Å²) in [5, 5.41) is 0. The number of methoxy groups -OCH3 is 1. The summed E-state index contributed by atoms with van der Waals surface area (Å²) in [5.74, 6) is 0.264. The first-order valence-electron chi connectivity index (χ1n) is 10.3. The zero-order chi connectivity index (χ0) is 21.2. The molecule has 0 bridgehead atoms. The maximum atomic E-state index is 6.11. The molecule has 0 atom stereocenters. The van der Waals surface area contributed by atoms with Crippen molar-refractivity contribution in [2.45, 2.75) is 74.0 Å². The lowest BCUT2D eigenvalue weighted by atomic mass is 9.62. The number of rotatable bonds is 8. The fourth-order valence-electron chi connectivity index (χ4n) is 3.56. The van der Waals surface area contributed by atoms with Crippen molar-refractivity contribution in [1.29, 1.82) is 0 Å². The highest BCUT2D eigenvalue weighted by atomic mass is 16.7. The molecule has 154 valence electrons. The van der Waals surface area contributed by atoms with Crippen LogP contribution >= 0.6 is 0 Å². The highest BCUT2D eigenvalue weighted by molar-refractivity contribution is 5.40. The van der Waals surface area contributed by atoms with Gasteiger partial charge in [0.15, 0.2) is 0 Å². The van der Waals surface area contributed by atoms with Gasteiger partial charge in [0, 0.05) is 21.0 Å². The summed E-state index contributed by atoms with van der Waals surface area (Å²) in [6.45, 7) is 17.7. The van der Waals surface area contributed by atoms with E-state index in [2.05, 4.69) is 77.9 Å². The summed E-state index contributed by atoms with van der Waals surface area (Å²) in [4.78, 5) is 0. The number of hydrogen-bond donors (Lipinski definition) is 0. The Kier molecular flexibility index (Phi) is 6.66. The molecule has 0 N–H and O–H groups in total. The topological polar surface area (TPSA) is 18.5 Å². The van der Waals surface area contributed by atoms with Crippen LogP contribution in [0.3, 0.4) is 0 Å². The summed E-state index contributed by atoms with van der Waals surface area (Å²) >= 11 is 0. The molecule has 2 rings (SSSR count). The molecule has 0 unspecified atom stereocenters. The van der Waals surface area contributed by atoms with Crippen molar-refractivity contribution in [3.63, 3.8) is 0 Å². The first-order valence-corrected chi connectivity index (χ1v) is 10.3. The first kappa shape index (κ1) is 22.5. The zero-order valence-corrected chi connectivity index (χ0v) is 19.3. The van der Waals surface area contributed by atoms with Gasteiger partial charge in [-0.1, -0.05) is 69.7 Å². The van der Waals surface area contributed by atoms with Crippen molar-refractivity contribution < 1.29 is 9.47 Å². The third-order valence-corrected chi connectivity index (χ3v) is 6.44. The predicted octanol–water partition coefficient (Wildman–Crippen LogP) is 6.90. The molecule has 2 heteroatoms. The fourth-order valence-corrected chi connectivity index (χ4v) is 3.56. The molecule has 28 heavy (non-hydrogen) atoms. The maximum absolute atomic E-state index is 6.11. The van der Waals surface area contributed by atoms with Crippen LogP contribution in [-0.4, -0.2) is 12.9 Å². The Bertz CT molecular complexity index is 800. The first-order chi connectivity index (χ1) is 12.9. The van der Waals surface area contributed by atoms with Crippen LogP contribution < -0.4 is 4.74 Å². The minimum atomic E-state index is -0.636. The second-order valence-electron chi connectivity index (χ2n) is 9.86. The van der Waals surface area contributed by atoms with E-state index < -0.39 is 5.79 Å². The van der Waals surface area contributed by atoms with Gasteiger partial charge in [-0.25, -0.2) is 0 Å². The standard InChI is InChI=1S/C26H38O2/c1-19-12-10-13-21(16-19)17-24(3,4)25(5,6)18-22-14-11-15-23(20(22)2)28-26(7,8)27-9/h10-16H,17-18H2,1-9H3. The van der Waals surface area contributed by atoms with Gasteiger partial charge in [-0.2, -0.15) is 0 Å². The summed E-state index contributed by atoms with van der Waals surface area (Å²) in [6.07, 6.45) is 2.07. The Hall–Kier alpha value is -1.80. The third-order valence-electron chi connectivity index (χ3n) is 6.44. The number of aryl methyl sites for hydroxylation is 1. The lowest BCUT2D eigenvalue weighted by Crippen LogP contribution is -2.36. The number of benzene rings is 2. The largest absolute Gasteiger partial charge is 0.463 e. The molecule has 0 fully saturated rings. The minimum absolute atomic E-state index is 0.122. The monoisotopic (exact) mass is 382 g/mol. The smallest absolute Gasteiger partial charge is 0.204 e. The molecule has 0 aliphatic heterocycles. The van der Waals surface area contributed by atoms with Crippen LogP contribution in [0.2, 0.25) is 0 Å². The van der Waals surface area contributed by atoms with E-state index in [9.17, 15) is 0 Å². The molecule has 0 heterocycles. The molecule has 0 aliphatic rings. The Labute approximate surface area is 172 Å². The van der Waals surface area contributed by atoms with Gasteiger partial charge in [0.05, 0.1) is 0 Å². The molecule has 0 spiro atoms. The molecule has 0 aliphatic carbocycles. The van der Waals surface area contributed by atoms with Crippen molar-refractivity contribution in [2.24, 2.45) is 10.8 Å². The van der Waals surface area contributed by atoms with Gasteiger partial charge >= 0.3 is 0 Å². The van der Waals surface area contributed by atoms with Crippen molar-refractivity contribution in [3.8, 4) is 5.75 Å². The van der Waals surface area contributed by atoms with Crippen LogP contribution in [0.25, 0.3) is 0 Å². The van der Waals surface area contributed by atoms with E-state index >= 15 is 0 Å². The molecular weight excluding hydrogens is 344 g/mol. The van der Waals surface area contributed by atoms with Crippen molar-refractivity contribution in [3.05, 3.63) is 64.7 Å². The Morgan fingerprint density at radius 3 is 2.00 bits per heavy atom. The second kappa shape index (κ2) is 8.29. The molecule has 0 aromatic heterocycles. The molecule has 0 amide bonds. The Morgan fingerprint density at radius 2 is 1.39 bits per heavy atom. The van der Waals surface area contributed by atoms with Gasteiger partial charge in [-0.3, -0.25) is 0 Å². The number of ether oxygens (including phenoxy) is 2. The van der Waals surface area contributed by atoms with Gasteiger partial charge in [-0.05, 0) is 60.3 Å². The van der Waals surface area contributed by atoms with E-state index in [0.717, 1.165) is 18.6 Å². The Morgan fingerprint density at radius 1 is 0.786 bits per heavy atom. The van der Waals surface area contributed by atoms with E-state index in [1.807, 2.05) is 19.9 Å². The summed E-state index contributed by atoms with van der Waals surface area (Å²) in [7, 11) is 1.68. The minimum Gasteiger partial charge on any atom is -0.463 e. The second-order valence-corrected chi connectivity index (χ2v) is 9.86. The summed E-state index contributed by atoms with van der Waals surface area (Å²) in [6, 6.07) is 15.2. The van der Waals surface area contributed by atoms with Crippen molar-refractivity contribution >= 4 is 0 Å². The lowest BCUT2D eigenvalue weighted by molar-refractivity contribution is -0.134. The van der Waals surface area contributed by atoms with Gasteiger partial charge in [0.2, 0.25) is 5.79 Å². The molecule has 2 aromatic carbocycles. The van der Waals surface area contributed by atoms with Crippen LogP contribution in [0.5, 0.6) is 5.75 Å². The van der Waals surface area contributed by atoms with E-state index in [0.29, 0.717) is 0 Å². The van der Waals surface area contributed by atoms with Crippen molar-refractivity contribution in [1.82, 2.24) is 0 Å². The van der Waals surface area contributed by atoms with Gasteiger partial charge < -0.3 is 9.47 Å². The maximum Gasteiger partial charge on any atom is 0.204 e. The SMILES string of the molecule is COC(C)(C)Oc1cccc(CC(C)(C)C(C)(C)Cc2cccc(C)c2)c1C. The fraction of sp³-hybridized carbons (Fsp3) is 0.538. The van der Waals surface area contributed by atoms with Crippen LogP contribution in [0.15, 0.2) is 42.5 Å². The van der Waals surface area contributed by atoms with Crippen LogP contribution in [0.1, 0.15) is 63.8 Å². The van der Waals surface area contributed by atoms with Crippen LogP contribution in [0.4, 0.5) is 0 Å². The highest BCUT2D eigenvalue weighted by Gasteiger charge is 2.37. The number of hydrogen-bond acceptors (Lipinski definition) is 2. The van der Waals surface area contributed by atoms with Gasteiger partial charge in [-0.15, -0.1) is 0 Å². The summed E-state index contributed by atoms with van der Waals surface area (Å²) < 4.78 is 11.6. The normalized spacial score (nSPS) is 12.9. The molecule has 2 nitrogen and oxygen atoms in total. The highest BCUT2D eigenvalue weighted by Crippen LogP contribution is 2.44. The molecule has 0 radical (unpaired) electrons. The van der Waals surface area contributed by atoms with Crippen LogP contribution in [-0.2, 0) is 17.6 Å². The summed E-state index contributed by atoms with van der Waals surface area (Å²) in [5.41, 5.74) is 5.55. The van der Waals surface area contributed by atoms with E-state index in [4.69, 9.17) is 9.47 Å². The molecular formula is C26H38O2. The molecule has 0 saturated heterocycles. The zero-order valence-electron chi connectivity index (χ0n) is 19.3. The molecule has 2 aromatic rings. The quantitative estimate of drug-likeness (QED) is 0.462. The average molecular weight is 383 g/mol. The van der Waals surface area contributed by atoms with E-state index in [-0.39, 0.29) is 10.8 Å². The molecule has 0 saturated carbocycles. The van der Waals surface area contributed by atoms with E-state index in [1.54, 1.807) is 7.11 Å². The van der Waals surface area contributed by atoms with Crippen LogP contribution in [0, 0.1) is 24.7 Å². The van der Waals surface area contributed by atoms with Gasteiger partial charge in [0.1, 0.15) is 5.75 Å². The Balaban J connectivity index is 2.25. The van der Waals surface area contributed by atoms with Gasteiger partial charge in [0.25, 0.3) is 0 Å². The average Bonchev–Trinajstić information content (AvgIpc) is 2.57. The van der Waals surface area contributed by atoms with E-state index in [1.165, 1.54) is 22.3 Å². The lowest BCUT2D eigenvalue weighted by Gasteiger charge is -2.43. The van der Waals surface area contributed by atoms with Crippen molar-refractivity contribution in [2.75, 3.05) is 7.11 Å². The third kappa shape index (κ3) is 5.38. The predicted molar refractivity (Wildman–Crippen MR) is 119 cm³/mol.